The van der Waals surface area contributed by atoms with Gasteiger partial charge < -0.3 is 5.32 Å². The van der Waals surface area contributed by atoms with Crippen LogP contribution in [-0.4, -0.2) is 40.5 Å². The molecule has 0 spiro atoms. The van der Waals surface area contributed by atoms with Crippen molar-refractivity contribution in [1.29, 1.82) is 0 Å². The van der Waals surface area contributed by atoms with Gasteiger partial charge in [-0.05, 0) is 28.1 Å². The zero-order chi connectivity index (χ0) is 11.7. The number of hydrogen-bond donors (Lipinski definition) is 1. The molecule has 0 unspecified atom stereocenters. The normalized spacial score (nSPS) is 17.7. The minimum absolute atomic E-state index is 0.887. The molecule has 0 atom stereocenters. The Morgan fingerprint density at radius 1 is 1.29 bits per heavy atom. The van der Waals surface area contributed by atoms with E-state index < -0.39 is 0 Å². The lowest BCUT2D eigenvalue weighted by Gasteiger charge is -2.26. The Labute approximate surface area is 109 Å². The van der Waals surface area contributed by atoms with Crippen LogP contribution in [-0.2, 0) is 6.54 Å². The van der Waals surface area contributed by atoms with Gasteiger partial charge in [0.2, 0.25) is 0 Å². The van der Waals surface area contributed by atoms with Gasteiger partial charge in [-0.15, -0.1) is 0 Å². The summed E-state index contributed by atoms with van der Waals surface area (Å²) in [6, 6.07) is 6.20. The number of nitrogens with one attached hydrogen (secondary N) is 1. The van der Waals surface area contributed by atoms with Crippen LogP contribution in [0.3, 0.4) is 0 Å². The third kappa shape index (κ3) is 2.22. The van der Waals surface area contributed by atoms with Gasteiger partial charge in [-0.25, -0.2) is 4.98 Å². The first-order chi connectivity index (χ1) is 8.34. The summed E-state index contributed by atoms with van der Waals surface area (Å²) in [6.45, 7) is 5.29. The Balaban J connectivity index is 1.89. The summed E-state index contributed by atoms with van der Waals surface area (Å²) in [5.41, 5.74) is 2.34. The van der Waals surface area contributed by atoms with Gasteiger partial charge in [0.25, 0.3) is 0 Å². The lowest BCUT2D eigenvalue weighted by Crippen LogP contribution is -2.42. The van der Waals surface area contributed by atoms with E-state index in [0.29, 0.717) is 0 Å². The SMILES string of the molecule is Brc1nc(CN2CCNCC2)c2ccccn12. The van der Waals surface area contributed by atoms with Crippen LogP contribution in [0, 0.1) is 0 Å². The molecule has 0 bridgehead atoms. The Hall–Kier alpha value is -0.910. The highest BCUT2D eigenvalue weighted by atomic mass is 79.9. The van der Waals surface area contributed by atoms with Gasteiger partial charge in [-0.2, -0.15) is 0 Å². The summed E-state index contributed by atoms with van der Waals surface area (Å²) >= 11 is 3.50. The molecule has 0 radical (unpaired) electrons. The zero-order valence-corrected chi connectivity index (χ0v) is 11.2. The minimum atomic E-state index is 0.887. The molecule has 3 rings (SSSR count). The average Bonchev–Trinajstić information content (AvgIpc) is 2.69. The fraction of sp³-hybridized carbons (Fsp3) is 0.417. The van der Waals surface area contributed by atoms with Crippen molar-refractivity contribution in [1.82, 2.24) is 19.6 Å². The molecule has 0 aliphatic carbocycles. The van der Waals surface area contributed by atoms with Gasteiger partial charge in [0.05, 0.1) is 11.2 Å². The van der Waals surface area contributed by atoms with Crippen LogP contribution in [0.25, 0.3) is 5.52 Å². The molecule has 0 saturated carbocycles. The Morgan fingerprint density at radius 2 is 2.12 bits per heavy atom. The number of imidazole rings is 1. The van der Waals surface area contributed by atoms with Crippen molar-refractivity contribution in [2.45, 2.75) is 6.54 Å². The molecule has 2 aromatic rings. The molecule has 2 aromatic heterocycles. The topological polar surface area (TPSA) is 32.6 Å². The van der Waals surface area contributed by atoms with Crippen LogP contribution in [0.4, 0.5) is 0 Å². The molecule has 90 valence electrons. The summed E-state index contributed by atoms with van der Waals surface area (Å²) in [4.78, 5) is 7.04. The highest BCUT2D eigenvalue weighted by Crippen LogP contribution is 2.18. The molecule has 1 fully saturated rings. The zero-order valence-electron chi connectivity index (χ0n) is 9.56. The Morgan fingerprint density at radius 3 is 2.94 bits per heavy atom. The summed E-state index contributed by atoms with van der Waals surface area (Å²) < 4.78 is 2.97. The molecule has 1 aliphatic heterocycles. The van der Waals surface area contributed by atoms with Crippen molar-refractivity contribution in [3.63, 3.8) is 0 Å². The fourth-order valence-electron chi connectivity index (χ4n) is 2.26. The second-order valence-corrected chi connectivity index (χ2v) is 5.02. The van der Waals surface area contributed by atoms with Crippen LogP contribution in [0.2, 0.25) is 0 Å². The predicted molar refractivity (Wildman–Crippen MR) is 71.0 cm³/mol. The molecule has 3 heterocycles. The highest BCUT2D eigenvalue weighted by Gasteiger charge is 2.14. The van der Waals surface area contributed by atoms with E-state index in [1.165, 1.54) is 5.52 Å². The number of rotatable bonds is 2. The lowest BCUT2D eigenvalue weighted by atomic mass is 10.3. The highest BCUT2D eigenvalue weighted by molar-refractivity contribution is 9.10. The maximum atomic E-state index is 4.60. The van der Waals surface area contributed by atoms with E-state index >= 15 is 0 Å². The van der Waals surface area contributed by atoms with Gasteiger partial charge in [0, 0.05) is 38.9 Å². The van der Waals surface area contributed by atoms with E-state index in [9.17, 15) is 0 Å². The molecule has 0 amide bonds. The first-order valence-electron chi connectivity index (χ1n) is 5.89. The molecular formula is C12H15BrN4. The molecular weight excluding hydrogens is 280 g/mol. The maximum absolute atomic E-state index is 4.60. The van der Waals surface area contributed by atoms with Crippen molar-refractivity contribution in [2.75, 3.05) is 26.2 Å². The van der Waals surface area contributed by atoms with Crippen LogP contribution >= 0.6 is 15.9 Å². The third-order valence-corrected chi connectivity index (χ3v) is 3.72. The van der Waals surface area contributed by atoms with Crippen molar-refractivity contribution in [3.8, 4) is 0 Å². The summed E-state index contributed by atoms with van der Waals surface area (Å²) in [7, 11) is 0. The molecule has 4 nitrogen and oxygen atoms in total. The number of fused-ring (bicyclic) bond motifs is 1. The number of nitrogens with zero attached hydrogens (tertiary/aromatic N) is 3. The number of pyridine rings is 1. The Bertz CT molecular complexity index is 516. The molecule has 0 aromatic carbocycles. The lowest BCUT2D eigenvalue weighted by molar-refractivity contribution is 0.232. The van der Waals surface area contributed by atoms with E-state index in [-0.39, 0.29) is 0 Å². The predicted octanol–water partition coefficient (Wildman–Crippen LogP) is 1.50. The van der Waals surface area contributed by atoms with Crippen molar-refractivity contribution in [2.24, 2.45) is 0 Å². The maximum Gasteiger partial charge on any atom is 0.182 e. The van der Waals surface area contributed by atoms with Crippen molar-refractivity contribution in [3.05, 3.63) is 34.8 Å². The third-order valence-electron chi connectivity index (χ3n) is 3.16. The first kappa shape index (κ1) is 11.2. The standard InChI is InChI=1S/C12H15BrN4/c13-12-15-10(9-16-7-4-14-5-8-16)11-3-1-2-6-17(11)12/h1-3,6,14H,4-5,7-9H2. The van der Waals surface area contributed by atoms with E-state index in [0.717, 1.165) is 43.2 Å². The molecule has 5 heteroatoms. The van der Waals surface area contributed by atoms with Crippen molar-refractivity contribution >= 4 is 21.4 Å². The first-order valence-corrected chi connectivity index (χ1v) is 6.68. The quantitative estimate of drug-likeness (QED) is 0.911. The average molecular weight is 295 g/mol. The summed E-state index contributed by atoms with van der Waals surface area (Å²) in [6.07, 6.45) is 2.04. The van der Waals surface area contributed by atoms with Crippen LogP contribution < -0.4 is 5.32 Å². The summed E-state index contributed by atoms with van der Waals surface area (Å²) in [5, 5.41) is 3.37. The smallest absolute Gasteiger partial charge is 0.182 e. The van der Waals surface area contributed by atoms with Gasteiger partial charge >= 0.3 is 0 Å². The van der Waals surface area contributed by atoms with Crippen LogP contribution in [0.5, 0.6) is 0 Å². The van der Waals surface area contributed by atoms with Crippen LogP contribution in [0.15, 0.2) is 29.1 Å². The van der Waals surface area contributed by atoms with Gasteiger partial charge in [-0.3, -0.25) is 9.30 Å². The van der Waals surface area contributed by atoms with E-state index in [1.807, 2.05) is 12.3 Å². The van der Waals surface area contributed by atoms with Crippen LogP contribution in [0.1, 0.15) is 5.69 Å². The number of hydrogen-bond acceptors (Lipinski definition) is 3. The monoisotopic (exact) mass is 294 g/mol. The largest absolute Gasteiger partial charge is 0.314 e. The van der Waals surface area contributed by atoms with Gasteiger partial charge in [0.1, 0.15) is 0 Å². The fourth-order valence-corrected chi connectivity index (χ4v) is 2.78. The second kappa shape index (κ2) is 4.76. The van der Waals surface area contributed by atoms with E-state index in [1.54, 1.807) is 0 Å². The Kier molecular flexibility index (Phi) is 3.13. The number of aromatic nitrogens is 2. The summed E-state index contributed by atoms with van der Waals surface area (Å²) in [5.74, 6) is 0. The minimum Gasteiger partial charge on any atom is -0.314 e. The molecule has 1 aliphatic rings. The number of halogens is 1. The van der Waals surface area contributed by atoms with E-state index in [2.05, 4.69) is 47.7 Å². The molecule has 1 N–H and O–H groups in total. The molecule has 1 saturated heterocycles. The van der Waals surface area contributed by atoms with E-state index in [4.69, 9.17) is 0 Å². The molecule has 17 heavy (non-hydrogen) atoms. The second-order valence-electron chi connectivity index (χ2n) is 4.31. The van der Waals surface area contributed by atoms with Crippen molar-refractivity contribution < 1.29 is 0 Å². The number of piperazine rings is 1. The van der Waals surface area contributed by atoms with Gasteiger partial charge in [0.15, 0.2) is 4.73 Å². The van der Waals surface area contributed by atoms with Gasteiger partial charge in [-0.1, -0.05) is 6.07 Å².